The molecule has 10 nitrogen and oxygen atoms in total. The number of ether oxygens (including phenoxy) is 2. The van der Waals surface area contributed by atoms with Crippen LogP contribution in [0.1, 0.15) is 42.7 Å². The Morgan fingerprint density at radius 1 is 1.03 bits per heavy atom. The van der Waals surface area contributed by atoms with E-state index in [0.717, 1.165) is 55.6 Å². The number of piperidine rings is 1. The van der Waals surface area contributed by atoms with Crippen LogP contribution in [0.2, 0.25) is 0 Å². The van der Waals surface area contributed by atoms with Gasteiger partial charge in [0.2, 0.25) is 23.5 Å². The molecule has 39 heavy (non-hydrogen) atoms. The first-order valence-electron chi connectivity index (χ1n) is 13.4. The zero-order valence-electron chi connectivity index (χ0n) is 22.5. The molecule has 0 atom stereocenters. The van der Waals surface area contributed by atoms with Gasteiger partial charge in [0.1, 0.15) is 0 Å². The highest BCUT2D eigenvalue weighted by molar-refractivity contribution is 5.79. The van der Waals surface area contributed by atoms with Gasteiger partial charge in [0, 0.05) is 37.5 Å². The van der Waals surface area contributed by atoms with E-state index < -0.39 is 0 Å². The Morgan fingerprint density at radius 2 is 1.79 bits per heavy atom. The average Bonchev–Trinajstić information content (AvgIpc) is 3.61. The number of benzene rings is 2. The van der Waals surface area contributed by atoms with Crippen molar-refractivity contribution in [3.63, 3.8) is 0 Å². The molecule has 3 aromatic rings. The zero-order chi connectivity index (χ0) is 27.2. The van der Waals surface area contributed by atoms with E-state index >= 15 is 0 Å². The maximum absolute atomic E-state index is 12.9. The van der Waals surface area contributed by atoms with Crippen LogP contribution in [0.4, 0.5) is 0 Å². The molecule has 0 bridgehead atoms. The van der Waals surface area contributed by atoms with Crippen LogP contribution in [0.15, 0.2) is 47.0 Å². The number of amides is 2. The van der Waals surface area contributed by atoms with Gasteiger partial charge in [0.25, 0.3) is 0 Å². The molecule has 1 aromatic heterocycles. The van der Waals surface area contributed by atoms with E-state index in [1.165, 1.54) is 0 Å². The van der Waals surface area contributed by atoms with E-state index in [9.17, 15) is 9.59 Å². The zero-order valence-corrected chi connectivity index (χ0v) is 22.5. The minimum Gasteiger partial charge on any atom is -0.493 e. The molecule has 10 heteroatoms. The third-order valence-electron chi connectivity index (χ3n) is 7.53. The molecule has 1 N–H and O–H groups in total. The molecule has 2 aromatic carbocycles. The molecular formula is C29H35N5O5. The highest BCUT2D eigenvalue weighted by Gasteiger charge is 2.26. The Balaban J connectivity index is 1.10. The molecule has 2 saturated heterocycles. The highest BCUT2D eigenvalue weighted by Crippen LogP contribution is 2.31. The Bertz CT molecular complexity index is 1300. The van der Waals surface area contributed by atoms with Gasteiger partial charge in [-0.3, -0.25) is 14.5 Å². The van der Waals surface area contributed by atoms with Gasteiger partial charge in [-0.25, -0.2) is 0 Å². The summed E-state index contributed by atoms with van der Waals surface area (Å²) >= 11 is 0. The number of methoxy groups -OCH3 is 2. The molecular weight excluding hydrogens is 498 g/mol. The Labute approximate surface area is 228 Å². The second-order valence-electron chi connectivity index (χ2n) is 10.0. The van der Waals surface area contributed by atoms with Crippen molar-refractivity contribution in [2.24, 2.45) is 5.92 Å². The fourth-order valence-electron chi connectivity index (χ4n) is 5.24. The van der Waals surface area contributed by atoms with Crippen LogP contribution in [0, 0.1) is 5.92 Å². The lowest BCUT2D eigenvalue weighted by Gasteiger charge is -2.30. The van der Waals surface area contributed by atoms with Gasteiger partial charge in [-0.2, -0.15) is 4.98 Å². The molecule has 0 spiro atoms. The van der Waals surface area contributed by atoms with Crippen molar-refractivity contribution in [3.05, 3.63) is 59.5 Å². The summed E-state index contributed by atoms with van der Waals surface area (Å²) in [6, 6.07) is 13.5. The van der Waals surface area contributed by atoms with Gasteiger partial charge < -0.3 is 24.2 Å². The summed E-state index contributed by atoms with van der Waals surface area (Å²) < 4.78 is 16.2. The number of carbonyl (C=O) groups excluding carboxylic acids is 2. The number of nitrogens with one attached hydrogen (secondary N) is 1. The standard InChI is InChI=1S/C29H35N5O5/c1-37-24-10-9-21(16-25(24)38-2)28-31-26(39-32-28)19-33-14-11-20(12-15-33)29(36)30-17-22-6-3-4-7-23(22)18-34-13-5-8-27(34)35/h3-4,6-7,9-10,16,20H,5,8,11-15,17-19H2,1-2H3,(H,30,36). The Hall–Kier alpha value is -3.92. The summed E-state index contributed by atoms with van der Waals surface area (Å²) in [7, 11) is 3.18. The molecule has 2 amide bonds. The number of aromatic nitrogens is 2. The van der Waals surface area contributed by atoms with Crippen molar-refractivity contribution in [1.82, 2.24) is 25.3 Å². The normalized spacial score (nSPS) is 16.5. The fourth-order valence-corrected chi connectivity index (χ4v) is 5.24. The smallest absolute Gasteiger partial charge is 0.241 e. The van der Waals surface area contributed by atoms with Crippen LogP contribution >= 0.6 is 0 Å². The fraction of sp³-hybridized carbons (Fsp3) is 0.448. The van der Waals surface area contributed by atoms with Crippen molar-refractivity contribution < 1.29 is 23.6 Å². The number of nitrogens with zero attached hydrogens (tertiary/aromatic N) is 4. The largest absolute Gasteiger partial charge is 0.493 e. The predicted molar refractivity (Wildman–Crippen MR) is 144 cm³/mol. The van der Waals surface area contributed by atoms with Gasteiger partial charge in [0.05, 0.1) is 20.8 Å². The minimum absolute atomic E-state index is 0.0291. The monoisotopic (exact) mass is 533 g/mol. The molecule has 0 unspecified atom stereocenters. The van der Waals surface area contributed by atoms with Crippen LogP contribution in [-0.4, -0.2) is 65.6 Å². The van der Waals surface area contributed by atoms with E-state index in [0.29, 0.717) is 49.3 Å². The summed E-state index contributed by atoms with van der Waals surface area (Å²) in [5.41, 5.74) is 2.94. The van der Waals surface area contributed by atoms with Crippen LogP contribution in [0.25, 0.3) is 11.4 Å². The van der Waals surface area contributed by atoms with Crippen molar-refractivity contribution in [2.75, 3.05) is 33.9 Å². The van der Waals surface area contributed by atoms with Gasteiger partial charge in [-0.1, -0.05) is 29.4 Å². The lowest BCUT2D eigenvalue weighted by Crippen LogP contribution is -2.40. The van der Waals surface area contributed by atoms with Crippen molar-refractivity contribution in [1.29, 1.82) is 0 Å². The van der Waals surface area contributed by atoms with Crippen molar-refractivity contribution in [2.45, 2.75) is 45.3 Å². The van der Waals surface area contributed by atoms with Crippen molar-refractivity contribution >= 4 is 11.8 Å². The summed E-state index contributed by atoms with van der Waals surface area (Å²) in [5, 5.41) is 7.26. The van der Waals surface area contributed by atoms with Gasteiger partial charge >= 0.3 is 0 Å². The first-order chi connectivity index (χ1) is 19.0. The quantitative estimate of drug-likeness (QED) is 0.422. The summed E-state index contributed by atoms with van der Waals surface area (Å²) in [6.45, 7) is 3.97. The molecule has 3 heterocycles. The minimum atomic E-state index is -0.0291. The van der Waals surface area contributed by atoms with E-state index in [2.05, 4.69) is 20.4 Å². The maximum Gasteiger partial charge on any atom is 0.241 e. The average molecular weight is 534 g/mol. The first-order valence-corrected chi connectivity index (χ1v) is 13.4. The second-order valence-corrected chi connectivity index (χ2v) is 10.0. The molecule has 0 saturated carbocycles. The number of hydrogen-bond donors (Lipinski definition) is 1. The topological polar surface area (TPSA) is 110 Å². The van der Waals surface area contributed by atoms with Gasteiger partial charge in [-0.05, 0) is 61.7 Å². The molecule has 2 fully saturated rings. The predicted octanol–water partition coefficient (Wildman–Crippen LogP) is 3.40. The second kappa shape index (κ2) is 12.3. The number of hydrogen-bond acceptors (Lipinski definition) is 8. The molecule has 2 aliphatic rings. The highest BCUT2D eigenvalue weighted by atomic mass is 16.5. The van der Waals surface area contributed by atoms with Crippen LogP contribution in [-0.2, 0) is 29.2 Å². The van der Waals surface area contributed by atoms with Crippen molar-refractivity contribution in [3.8, 4) is 22.9 Å². The molecule has 5 rings (SSSR count). The third kappa shape index (κ3) is 6.39. The Kier molecular flexibility index (Phi) is 8.41. The van der Waals surface area contributed by atoms with E-state index in [4.69, 9.17) is 14.0 Å². The number of likely N-dealkylation sites (tertiary alicyclic amines) is 2. The first kappa shape index (κ1) is 26.7. The lowest BCUT2D eigenvalue weighted by atomic mass is 9.95. The van der Waals surface area contributed by atoms with Crippen LogP contribution in [0.5, 0.6) is 11.5 Å². The summed E-state index contributed by atoms with van der Waals surface area (Å²) in [5.74, 6) is 2.53. The maximum atomic E-state index is 12.9. The summed E-state index contributed by atoms with van der Waals surface area (Å²) in [4.78, 5) is 33.7. The van der Waals surface area contributed by atoms with E-state index in [1.54, 1.807) is 14.2 Å². The lowest BCUT2D eigenvalue weighted by molar-refractivity contribution is -0.128. The van der Waals surface area contributed by atoms with Gasteiger partial charge in [-0.15, -0.1) is 0 Å². The van der Waals surface area contributed by atoms with Crippen LogP contribution < -0.4 is 14.8 Å². The van der Waals surface area contributed by atoms with E-state index in [1.807, 2.05) is 47.4 Å². The number of carbonyl (C=O) groups is 2. The molecule has 206 valence electrons. The third-order valence-corrected chi connectivity index (χ3v) is 7.53. The molecule has 0 aliphatic carbocycles. The molecule has 2 aliphatic heterocycles. The SMILES string of the molecule is COc1ccc(-c2noc(CN3CCC(C(=O)NCc4ccccc4CN4CCCC4=O)CC3)n2)cc1OC. The Morgan fingerprint density at radius 3 is 2.51 bits per heavy atom. The molecule has 0 radical (unpaired) electrons. The van der Waals surface area contributed by atoms with E-state index in [-0.39, 0.29) is 17.7 Å². The summed E-state index contributed by atoms with van der Waals surface area (Å²) in [6.07, 6.45) is 3.09. The number of rotatable bonds is 10. The van der Waals surface area contributed by atoms with Gasteiger partial charge in [0.15, 0.2) is 11.5 Å². The van der Waals surface area contributed by atoms with Crippen LogP contribution in [0.3, 0.4) is 0 Å².